The SMILES string of the molecule is CCC(C(=O)NC)N(Cc1cccc(OC)c1)C(=O)CN(c1cc(Cl)c(Cl)cc1Cl)S(C)(=O)=O. The van der Waals surface area contributed by atoms with Crippen molar-refractivity contribution in [1.82, 2.24) is 10.2 Å². The topological polar surface area (TPSA) is 96.0 Å². The Morgan fingerprint density at radius 1 is 1.09 bits per heavy atom. The average Bonchev–Trinajstić information content (AvgIpc) is 2.78. The number of carbonyl (C=O) groups is 2. The van der Waals surface area contributed by atoms with Crippen molar-refractivity contribution in [3.05, 3.63) is 57.0 Å². The molecule has 0 spiro atoms. The van der Waals surface area contributed by atoms with Crippen molar-refractivity contribution in [3.63, 3.8) is 0 Å². The summed E-state index contributed by atoms with van der Waals surface area (Å²) in [6.07, 6.45) is 1.25. The zero-order valence-electron chi connectivity index (χ0n) is 19.1. The molecule has 0 saturated heterocycles. The third-order valence-electron chi connectivity index (χ3n) is 5.06. The van der Waals surface area contributed by atoms with Crippen LogP contribution < -0.4 is 14.4 Å². The van der Waals surface area contributed by atoms with Crippen molar-refractivity contribution < 1.29 is 22.7 Å². The average molecular weight is 551 g/mol. The summed E-state index contributed by atoms with van der Waals surface area (Å²) in [6, 6.07) is 8.78. The molecular weight excluding hydrogens is 525 g/mol. The molecule has 0 aliphatic rings. The number of sulfonamides is 1. The Hall–Kier alpha value is -2.20. The molecule has 2 aromatic rings. The number of hydrogen-bond acceptors (Lipinski definition) is 5. The van der Waals surface area contributed by atoms with E-state index in [1.54, 1.807) is 31.2 Å². The van der Waals surface area contributed by atoms with E-state index >= 15 is 0 Å². The largest absolute Gasteiger partial charge is 0.497 e. The number of ether oxygens (including phenoxy) is 1. The number of nitrogens with zero attached hydrogens (tertiary/aromatic N) is 2. The van der Waals surface area contributed by atoms with Crippen LogP contribution in [0.1, 0.15) is 18.9 Å². The molecule has 2 amide bonds. The fourth-order valence-electron chi connectivity index (χ4n) is 3.35. The highest BCUT2D eigenvalue weighted by atomic mass is 35.5. The molecule has 1 N–H and O–H groups in total. The van der Waals surface area contributed by atoms with Gasteiger partial charge in [0.15, 0.2) is 0 Å². The summed E-state index contributed by atoms with van der Waals surface area (Å²) < 4.78 is 31.4. The number of hydrogen-bond donors (Lipinski definition) is 1. The zero-order chi connectivity index (χ0) is 25.6. The molecule has 34 heavy (non-hydrogen) atoms. The van der Waals surface area contributed by atoms with Crippen LogP contribution in [-0.4, -0.2) is 58.1 Å². The van der Waals surface area contributed by atoms with Crippen molar-refractivity contribution in [1.29, 1.82) is 0 Å². The van der Waals surface area contributed by atoms with Gasteiger partial charge in [0.05, 0.1) is 34.1 Å². The minimum atomic E-state index is -3.96. The number of nitrogens with one attached hydrogen (secondary N) is 1. The molecule has 0 saturated carbocycles. The molecule has 2 aromatic carbocycles. The second kappa shape index (κ2) is 12.0. The van der Waals surface area contributed by atoms with Gasteiger partial charge >= 0.3 is 0 Å². The standard InChI is InChI=1S/C22H26Cl3N3O5S/c1-5-19(22(30)26-2)27(12-14-7-6-8-15(9-14)33-3)21(29)13-28(34(4,31)32)20-11-17(24)16(23)10-18(20)25/h6-11,19H,5,12-13H2,1-4H3,(H,26,30). The van der Waals surface area contributed by atoms with E-state index in [9.17, 15) is 18.0 Å². The van der Waals surface area contributed by atoms with E-state index in [0.717, 1.165) is 10.6 Å². The van der Waals surface area contributed by atoms with Gasteiger partial charge in [-0.05, 0) is 36.2 Å². The zero-order valence-corrected chi connectivity index (χ0v) is 22.2. The van der Waals surface area contributed by atoms with E-state index in [2.05, 4.69) is 5.32 Å². The molecule has 12 heteroatoms. The maximum atomic E-state index is 13.5. The van der Waals surface area contributed by atoms with Crippen molar-refractivity contribution in [2.75, 3.05) is 31.3 Å². The molecule has 2 rings (SSSR count). The number of methoxy groups -OCH3 is 1. The van der Waals surface area contributed by atoms with Gasteiger partial charge in [0.1, 0.15) is 18.3 Å². The van der Waals surface area contributed by atoms with E-state index in [0.29, 0.717) is 17.7 Å². The van der Waals surface area contributed by atoms with Crippen LogP contribution in [0.2, 0.25) is 15.1 Å². The molecule has 0 bridgehead atoms. The normalized spacial score (nSPS) is 12.1. The van der Waals surface area contributed by atoms with E-state index in [4.69, 9.17) is 39.5 Å². The first-order chi connectivity index (χ1) is 15.9. The van der Waals surface area contributed by atoms with Gasteiger partial charge in [-0.2, -0.15) is 0 Å². The molecule has 1 unspecified atom stereocenters. The van der Waals surface area contributed by atoms with Crippen LogP contribution in [0.25, 0.3) is 0 Å². The lowest BCUT2D eigenvalue weighted by Gasteiger charge is -2.32. The number of carbonyl (C=O) groups excluding carboxylic acids is 2. The molecule has 0 heterocycles. The highest BCUT2D eigenvalue weighted by Crippen LogP contribution is 2.35. The quantitative estimate of drug-likeness (QED) is 0.452. The minimum absolute atomic E-state index is 0.00115. The third kappa shape index (κ3) is 6.91. The molecule has 1 atom stereocenters. The van der Waals surface area contributed by atoms with E-state index in [1.165, 1.54) is 31.2 Å². The number of likely N-dealkylation sites (N-methyl/N-ethyl adjacent to an activating group) is 1. The smallest absolute Gasteiger partial charge is 0.244 e. The Balaban J connectivity index is 2.50. The lowest BCUT2D eigenvalue weighted by molar-refractivity contribution is -0.140. The Bertz CT molecular complexity index is 1160. The maximum absolute atomic E-state index is 13.5. The third-order valence-corrected chi connectivity index (χ3v) is 7.21. The predicted octanol–water partition coefficient (Wildman–Crippen LogP) is 3.97. The first-order valence-electron chi connectivity index (χ1n) is 10.2. The van der Waals surface area contributed by atoms with Crippen LogP contribution in [-0.2, 0) is 26.2 Å². The Labute approximate surface area is 214 Å². The van der Waals surface area contributed by atoms with Gasteiger partial charge in [-0.25, -0.2) is 8.42 Å². The highest BCUT2D eigenvalue weighted by Gasteiger charge is 2.32. The summed E-state index contributed by atoms with van der Waals surface area (Å²) >= 11 is 18.3. The number of rotatable bonds is 10. The summed E-state index contributed by atoms with van der Waals surface area (Å²) in [5.74, 6) is -0.402. The molecule has 0 radical (unpaired) electrons. The molecule has 0 aliphatic heterocycles. The number of halogens is 3. The van der Waals surface area contributed by atoms with Crippen molar-refractivity contribution in [2.24, 2.45) is 0 Å². The molecule has 0 fully saturated rings. The van der Waals surface area contributed by atoms with Gasteiger partial charge in [-0.15, -0.1) is 0 Å². The number of amides is 2. The van der Waals surface area contributed by atoms with Gasteiger partial charge < -0.3 is 15.0 Å². The monoisotopic (exact) mass is 549 g/mol. The van der Waals surface area contributed by atoms with E-state index in [-0.39, 0.29) is 33.2 Å². The summed E-state index contributed by atoms with van der Waals surface area (Å²) in [5.41, 5.74) is 0.703. The number of benzene rings is 2. The van der Waals surface area contributed by atoms with Gasteiger partial charge in [0.2, 0.25) is 21.8 Å². The summed E-state index contributed by atoms with van der Waals surface area (Å²) in [4.78, 5) is 27.4. The first kappa shape index (κ1) is 28.0. The van der Waals surface area contributed by atoms with Gasteiger partial charge in [-0.3, -0.25) is 13.9 Å². The van der Waals surface area contributed by atoms with Crippen LogP contribution in [0.5, 0.6) is 5.75 Å². The Morgan fingerprint density at radius 3 is 2.29 bits per heavy atom. The van der Waals surface area contributed by atoms with Crippen LogP contribution in [0, 0.1) is 0 Å². The highest BCUT2D eigenvalue weighted by molar-refractivity contribution is 7.92. The fraction of sp³-hybridized carbons (Fsp3) is 0.364. The van der Waals surface area contributed by atoms with Crippen LogP contribution in [0.4, 0.5) is 5.69 Å². The van der Waals surface area contributed by atoms with E-state index in [1.807, 2.05) is 0 Å². The second-order valence-corrected chi connectivity index (χ2v) is 10.5. The summed E-state index contributed by atoms with van der Waals surface area (Å²) in [7, 11) is -0.971. The predicted molar refractivity (Wildman–Crippen MR) is 135 cm³/mol. The fourth-order valence-corrected chi connectivity index (χ4v) is 4.90. The van der Waals surface area contributed by atoms with E-state index < -0.39 is 28.5 Å². The van der Waals surface area contributed by atoms with Crippen molar-refractivity contribution in [2.45, 2.75) is 25.9 Å². The Kier molecular flexibility index (Phi) is 9.87. The summed E-state index contributed by atoms with van der Waals surface area (Å²) in [6.45, 7) is 1.21. The van der Waals surface area contributed by atoms with Crippen molar-refractivity contribution in [3.8, 4) is 5.75 Å². The lowest BCUT2D eigenvalue weighted by atomic mass is 10.1. The maximum Gasteiger partial charge on any atom is 0.244 e. The van der Waals surface area contributed by atoms with Gasteiger partial charge in [0.25, 0.3) is 0 Å². The first-order valence-corrected chi connectivity index (χ1v) is 13.2. The summed E-state index contributed by atoms with van der Waals surface area (Å²) in [5, 5.41) is 2.78. The number of anilines is 1. The second-order valence-electron chi connectivity index (χ2n) is 7.40. The Morgan fingerprint density at radius 2 is 1.74 bits per heavy atom. The molecule has 186 valence electrons. The minimum Gasteiger partial charge on any atom is -0.497 e. The lowest BCUT2D eigenvalue weighted by Crippen LogP contribution is -2.51. The molecule has 8 nitrogen and oxygen atoms in total. The van der Waals surface area contributed by atoms with Gasteiger partial charge in [-0.1, -0.05) is 53.9 Å². The molecule has 0 aliphatic carbocycles. The van der Waals surface area contributed by atoms with Gasteiger partial charge in [0, 0.05) is 13.6 Å². The van der Waals surface area contributed by atoms with Crippen molar-refractivity contribution >= 4 is 62.3 Å². The van der Waals surface area contributed by atoms with Crippen LogP contribution in [0.15, 0.2) is 36.4 Å². The van der Waals surface area contributed by atoms with Crippen LogP contribution >= 0.6 is 34.8 Å². The van der Waals surface area contributed by atoms with Crippen LogP contribution in [0.3, 0.4) is 0 Å². The molecule has 0 aromatic heterocycles. The molecular formula is C22H26Cl3N3O5S.